The van der Waals surface area contributed by atoms with E-state index in [1.165, 1.54) is 0 Å². The second-order valence-electron chi connectivity index (χ2n) is 8.27. The maximum absolute atomic E-state index is 12.4. The van der Waals surface area contributed by atoms with Crippen molar-refractivity contribution < 1.29 is 14.3 Å². The highest BCUT2D eigenvalue weighted by Crippen LogP contribution is 2.21. The minimum Gasteiger partial charge on any atom is -0.379 e. The van der Waals surface area contributed by atoms with E-state index in [1.54, 1.807) is 7.11 Å². The molecule has 2 rings (SSSR count). The summed E-state index contributed by atoms with van der Waals surface area (Å²) < 4.78 is 10.9. The minimum absolute atomic E-state index is 0.0686. The molecule has 0 aromatic carbocycles. The Bertz CT molecular complexity index is 492. The summed E-state index contributed by atoms with van der Waals surface area (Å²) in [5.74, 6) is 1.11. The molecule has 0 spiro atoms. The van der Waals surface area contributed by atoms with Crippen LogP contribution in [0.3, 0.4) is 0 Å². The van der Waals surface area contributed by atoms with E-state index in [9.17, 15) is 4.79 Å². The number of guanidine groups is 1. The van der Waals surface area contributed by atoms with E-state index < -0.39 is 0 Å². The van der Waals surface area contributed by atoms with Crippen molar-refractivity contribution in [2.75, 3.05) is 79.7 Å². The fourth-order valence-corrected chi connectivity index (χ4v) is 3.48. The first-order valence-electron chi connectivity index (χ1n) is 9.91. The monoisotopic (exact) mass is 383 g/mol. The summed E-state index contributed by atoms with van der Waals surface area (Å²) in [6, 6.07) is 0. The van der Waals surface area contributed by atoms with Crippen LogP contribution in [0.15, 0.2) is 4.99 Å². The van der Waals surface area contributed by atoms with Crippen molar-refractivity contribution in [3.63, 3.8) is 0 Å². The van der Waals surface area contributed by atoms with E-state index in [4.69, 9.17) is 9.47 Å². The Balaban J connectivity index is 1.76. The van der Waals surface area contributed by atoms with Crippen LogP contribution in [0, 0.1) is 5.41 Å². The zero-order chi connectivity index (χ0) is 19.9. The lowest BCUT2D eigenvalue weighted by molar-refractivity contribution is -0.136. The Hall–Kier alpha value is -1.38. The summed E-state index contributed by atoms with van der Waals surface area (Å²) in [7, 11) is 3.57. The molecule has 0 aromatic heterocycles. The van der Waals surface area contributed by atoms with Gasteiger partial charge in [-0.3, -0.25) is 14.7 Å². The SMILES string of the molecule is CN=C(NCC(OC)C(C)(C)C)N1CCN(CC(=O)N2CCOCC2)CC1. The van der Waals surface area contributed by atoms with Crippen molar-refractivity contribution in [2.24, 2.45) is 10.4 Å². The Morgan fingerprint density at radius 1 is 1.11 bits per heavy atom. The Morgan fingerprint density at radius 3 is 2.26 bits per heavy atom. The van der Waals surface area contributed by atoms with Gasteiger partial charge in [0.05, 0.1) is 25.9 Å². The number of aliphatic imine (C=N–C) groups is 1. The first kappa shape index (κ1) is 21.9. The van der Waals surface area contributed by atoms with Crippen LogP contribution in [0.4, 0.5) is 0 Å². The largest absolute Gasteiger partial charge is 0.379 e. The highest BCUT2D eigenvalue weighted by Gasteiger charge is 2.27. The molecule has 156 valence electrons. The second kappa shape index (κ2) is 10.2. The summed E-state index contributed by atoms with van der Waals surface area (Å²) in [5, 5.41) is 3.45. The van der Waals surface area contributed by atoms with Crippen molar-refractivity contribution in [1.29, 1.82) is 0 Å². The van der Waals surface area contributed by atoms with Crippen LogP contribution in [0.25, 0.3) is 0 Å². The number of piperazine rings is 1. The second-order valence-corrected chi connectivity index (χ2v) is 8.27. The van der Waals surface area contributed by atoms with Gasteiger partial charge < -0.3 is 24.6 Å². The van der Waals surface area contributed by atoms with Gasteiger partial charge >= 0.3 is 0 Å². The Kier molecular flexibility index (Phi) is 8.31. The molecule has 8 heteroatoms. The van der Waals surface area contributed by atoms with E-state index in [2.05, 4.69) is 40.9 Å². The van der Waals surface area contributed by atoms with Gasteiger partial charge in [-0.2, -0.15) is 0 Å². The van der Waals surface area contributed by atoms with Crippen LogP contribution < -0.4 is 5.32 Å². The molecule has 0 bridgehead atoms. The Labute approximate surface area is 163 Å². The number of rotatable bonds is 5. The third-order valence-electron chi connectivity index (χ3n) is 5.30. The lowest BCUT2D eigenvalue weighted by Gasteiger charge is -2.38. The fourth-order valence-electron chi connectivity index (χ4n) is 3.48. The third kappa shape index (κ3) is 6.62. The Morgan fingerprint density at radius 2 is 1.74 bits per heavy atom. The number of ether oxygens (including phenoxy) is 2. The number of hydrogen-bond donors (Lipinski definition) is 1. The van der Waals surface area contributed by atoms with Gasteiger partial charge in [-0.15, -0.1) is 0 Å². The van der Waals surface area contributed by atoms with Gasteiger partial charge in [0, 0.05) is 60.0 Å². The maximum Gasteiger partial charge on any atom is 0.236 e. The number of nitrogens with one attached hydrogen (secondary N) is 1. The molecule has 0 radical (unpaired) electrons. The van der Waals surface area contributed by atoms with Gasteiger partial charge in [0.15, 0.2) is 5.96 Å². The van der Waals surface area contributed by atoms with Crippen molar-refractivity contribution in [2.45, 2.75) is 26.9 Å². The van der Waals surface area contributed by atoms with Crippen molar-refractivity contribution in [3.8, 4) is 0 Å². The molecule has 0 aliphatic carbocycles. The molecule has 2 saturated heterocycles. The third-order valence-corrected chi connectivity index (χ3v) is 5.30. The summed E-state index contributed by atoms with van der Waals surface area (Å²) >= 11 is 0. The lowest BCUT2D eigenvalue weighted by atomic mass is 9.89. The molecule has 0 aromatic rings. The number of carbonyl (C=O) groups is 1. The molecule has 8 nitrogen and oxygen atoms in total. The maximum atomic E-state index is 12.4. The molecule has 2 aliphatic rings. The highest BCUT2D eigenvalue weighted by molar-refractivity contribution is 5.80. The van der Waals surface area contributed by atoms with E-state index >= 15 is 0 Å². The number of nitrogens with zero attached hydrogens (tertiary/aromatic N) is 4. The molecule has 1 N–H and O–H groups in total. The van der Waals surface area contributed by atoms with Gasteiger partial charge in [-0.05, 0) is 5.41 Å². The molecule has 2 fully saturated rings. The molecule has 1 atom stereocenters. The topological polar surface area (TPSA) is 69.6 Å². The number of morpholine rings is 1. The van der Waals surface area contributed by atoms with Crippen LogP contribution in [0.1, 0.15) is 20.8 Å². The van der Waals surface area contributed by atoms with Gasteiger partial charge in [0.25, 0.3) is 0 Å². The summed E-state index contributed by atoms with van der Waals surface area (Å²) in [5.41, 5.74) is 0.0686. The minimum atomic E-state index is 0.0686. The normalized spacial score (nSPS) is 21.3. The van der Waals surface area contributed by atoms with E-state index in [0.717, 1.165) is 38.7 Å². The first-order valence-corrected chi connectivity index (χ1v) is 9.91. The van der Waals surface area contributed by atoms with Crippen molar-refractivity contribution in [3.05, 3.63) is 0 Å². The number of hydrogen-bond acceptors (Lipinski definition) is 5. The summed E-state index contributed by atoms with van der Waals surface area (Å²) in [6.07, 6.45) is 0.113. The molecule has 27 heavy (non-hydrogen) atoms. The van der Waals surface area contributed by atoms with Crippen LogP contribution >= 0.6 is 0 Å². The quantitative estimate of drug-likeness (QED) is 0.536. The average molecular weight is 384 g/mol. The van der Waals surface area contributed by atoms with Crippen LogP contribution in [-0.2, 0) is 14.3 Å². The molecule has 2 aliphatic heterocycles. The smallest absolute Gasteiger partial charge is 0.236 e. The van der Waals surface area contributed by atoms with E-state index in [0.29, 0.717) is 32.8 Å². The van der Waals surface area contributed by atoms with Crippen LogP contribution in [0.5, 0.6) is 0 Å². The molecular formula is C19H37N5O3. The first-order chi connectivity index (χ1) is 12.8. The molecular weight excluding hydrogens is 346 g/mol. The van der Waals surface area contributed by atoms with Crippen molar-refractivity contribution >= 4 is 11.9 Å². The standard InChI is InChI=1S/C19H37N5O3/c1-19(2,3)16(26-5)14-21-18(20-4)24-8-6-22(7-9-24)15-17(25)23-10-12-27-13-11-23/h16H,6-15H2,1-5H3,(H,20,21). The zero-order valence-corrected chi connectivity index (χ0v) is 17.7. The fraction of sp³-hybridized carbons (Fsp3) is 0.895. The zero-order valence-electron chi connectivity index (χ0n) is 17.7. The van der Waals surface area contributed by atoms with Gasteiger partial charge in [0.1, 0.15) is 0 Å². The average Bonchev–Trinajstić information content (AvgIpc) is 2.66. The summed E-state index contributed by atoms with van der Waals surface area (Å²) in [6.45, 7) is 13.9. The van der Waals surface area contributed by atoms with Gasteiger partial charge in [0.2, 0.25) is 5.91 Å². The van der Waals surface area contributed by atoms with E-state index in [-0.39, 0.29) is 17.4 Å². The number of amides is 1. The van der Waals surface area contributed by atoms with Gasteiger partial charge in [-0.25, -0.2) is 0 Å². The van der Waals surface area contributed by atoms with Gasteiger partial charge in [-0.1, -0.05) is 20.8 Å². The van der Waals surface area contributed by atoms with E-state index in [1.807, 2.05) is 11.9 Å². The molecule has 1 amide bonds. The molecule has 2 heterocycles. The molecule has 0 saturated carbocycles. The molecule has 1 unspecified atom stereocenters. The number of methoxy groups -OCH3 is 1. The highest BCUT2D eigenvalue weighted by atomic mass is 16.5. The number of carbonyl (C=O) groups excluding carboxylic acids is 1. The van der Waals surface area contributed by atoms with Crippen LogP contribution in [-0.4, -0.2) is 112 Å². The lowest BCUT2D eigenvalue weighted by Crippen LogP contribution is -2.55. The summed E-state index contributed by atoms with van der Waals surface area (Å²) in [4.78, 5) is 23.2. The van der Waals surface area contributed by atoms with Crippen molar-refractivity contribution in [1.82, 2.24) is 20.0 Å². The predicted molar refractivity (Wildman–Crippen MR) is 107 cm³/mol. The van der Waals surface area contributed by atoms with Crippen LogP contribution in [0.2, 0.25) is 0 Å². The predicted octanol–water partition coefficient (Wildman–Crippen LogP) is 0.0993.